The molecule has 6 heterocycles. The number of nitrogens with zero attached hydrogens (tertiary/aromatic N) is 8. The number of aromatic nitrogens is 6. The van der Waals surface area contributed by atoms with Gasteiger partial charge < -0.3 is 10.6 Å². The van der Waals surface area contributed by atoms with Crippen molar-refractivity contribution in [3.05, 3.63) is 132 Å². The first-order chi connectivity index (χ1) is 31.3. The SMILES string of the molecule is O=C(NCC(c1cnc(C(F)(F)F)nc1)N1CCC(F)(F)CC1)c1cccc2ncccc12.O=C(NCC(c1cnc(C(F)(F)F)nc1)N1CCC(F)(F)CC1)c1cccc2ncccc12. The number of piperidine rings is 2. The van der Waals surface area contributed by atoms with E-state index in [0.29, 0.717) is 44.1 Å². The number of likely N-dealkylation sites (tertiary alicyclic amines) is 2. The number of carbonyl (C=O) groups is 2. The van der Waals surface area contributed by atoms with Crippen LogP contribution in [0.5, 0.6) is 0 Å². The highest BCUT2D eigenvalue weighted by molar-refractivity contribution is 6.06. The lowest BCUT2D eigenvalue weighted by Gasteiger charge is -2.37. The molecule has 0 bridgehead atoms. The number of halogens is 10. The van der Waals surface area contributed by atoms with Gasteiger partial charge in [-0.15, -0.1) is 0 Å². The van der Waals surface area contributed by atoms with E-state index in [4.69, 9.17) is 0 Å². The summed E-state index contributed by atoms with van der Waals surface area (Å²) in [6, 6.07) is 15.8. The van der Waals surface area contributed by atoms with Gasteiger partial charge in [0.1, 0.15) is 0 Å². The van der Waals surface area contributed by atoms with Gasteiger partial charge in [-0.3, -0.25) is 29.4 Å². The zero-order valence-corrected chi connectivity index (χ0v) is 34.6. The first-order valence-corrected chi connectivity index (χ1v) is 20.5. The molecule has 12 nitrogen and oxygen atoms in total. The van der Waals surface area contributed by atoms with Gasteiger partial charge in [-0.25, -0.2) is 37.5 Å². The average Bonchev–Trinajstić information content (AvgIpc) is 3.29. The van der Waals surface area contributed by atoms with Crippen molar-refractivity contribution < 1.29 is 53.5 Å². The molecule has 6 aromatic rings. The van der Waals surface area contributed by atoms with Crippen LogP contribution in [0.1, 0.15) is 81.3 Å². The molecule has 348 valence electrons. The van der Waals surface area contributed by atoms with Gasteiger partial charge in [-0.1, -0.05) is 24.3 Å². The molecule has 8 rings (SSSR count). The third-order valence-electron chi connectivity index (χ3n) is 11.3. The van der Waals surface area contributed by atoms with Gasteiger partial charge in [0.2, 0.25) is 11.6 Å². The standard InChI is InChI=1S/2C22H20F5N5O/c2*23-21(24)6-9-32(10-7-21)18(14-11-30-20(31-12-14)22(25,26)27)13-29-19(33)16-3-1-5-17-15(16)4-2-8-28-17/h2*1-5,8,11-12,18H,6-7,9-10,13H2,(H,29,33). The van der Waals surface area contributed by atoms with Gasteiger partial charge in [0, 0.05) is 135 Å². The summed E-state index contributed by atoms with van der Waals surface area (Å²) in [7, 11) is 0. The lowest BCUT2D eigenvalue weighted by Crippen LogP contribution is -2.45. The molecule has 2 saturated heterocycles. The monoisotopic (exact) mass is 930 g/mol. The number of amides is 2. The van der Waals surface area contributed by atoms with E-state index in [1.54, 1.807) is 82.9 Å². The Hall–Kier alpha value is -6.42. The van der Waals surface area contributed by atoms with Crippen molar-refractivity contribution in [1.82, 2.24) is 50.3 Å². The van der Waals surface area contributed by atoms with Crippen LogP contribution in [0.2, 0.25) is 0 Å². The fraction of sp³-hybridized carbons (Fsp3) is 0.364. The summed E-state index contributed by atoms with van der Waals surface area (Å²) in [5, 5.41) is 6.84. The van der Waals surface area contributed by atoms with Crippen molar-refractivity contribution >= 4 is 33.6 Å². The maximum atomic E-state index is 13.7. The summed E-state index contributed by atoms with van der Waals surface area (Å²) in [6.07, 6.45) is -3.59. The van der Waals surface area contributed by atoms with E-state index in [2.05, 4.69) is 40.5 Å². The second kappa shape index (κ2) is 19.6. The summed E-state index contributed by atoms with van der Waals surface area (Å²) in [5.74, 6) is -8.99. The first kappa shape index (κ1) is 47.5. The van der Waals surface area contributed by atoms with Crippen molar-refractivity contribution in [1.29, 1.82) is 0 Å². The van der Waals surface area contributed by atoms with Crippen LogP contribution in [0.15, 0.2) is 97.8 Å². The predicted molar refractivity (Wildman–Crippen MR) is 219 cm³/mol. The number of carbonyl (C=O) groups excluding carboxylic acids is 2. The molecule has 2 atom stereocenters. The third kappa shape index (κ3) is 11.7. The van der Waals surface area contributed by atoms with Crippen LogP contribution in [-0.2, 0) is 12.4 Å². The van der Waals surface area contributed by atoms with Crippen LogP contribution < -0.4 is 10.6 Å². The van der Waals surface area contributed by atoms with Gasteiger partial charge in [-0.05, 0) is 36.4 Å². The molecule has 0 saturated carbocycles. The van der Waals surface area contributed by atoms with Crippen LogP contribution in [0.25, 0.3) is 21.8 Å². The average molecular weight is 931 g/mol. The number of pyridine rings is 2. The minimum absolute atomic E-state index is 0.0181. The molecule has 2 unspecified atom stereocenters. The lowest BCUT2D eigenvalue weighted by atomic mass is 10.0. The third-order valence-corrected chi connectivity index (χ3v) is 11.3. The molecule has 2 aromatic carbocycles. The van der Waals surface area contributed by atoms with Crippen molar-refractivity contribution in [2.75, 3.05) is 39.3 Å². The summed E-state index contributed by atoms with van der Waals surface area (Å²) >= 11 is 0. The zero-order valence-electron chi connectivity index (χ0n) is 34.6. The fourth-order valence-corrected chi connectivity index (χ4v) is 7.73. The zero-order chi connectivity index (χ0) is 47.3. The summed E-state index contributed by atoms with van der Waals surface area (Å²) in [5.41, 5.74) is 2.63. The number of alkyl halides is 10. The molecule has 2 aliphatic heterocycles. The van der Waals surface area contributed by atoms with Crippen LogP contribution in [0.3, 0.4) is 0 Å². The van der Waals surface area contributed by atoms with Crippen LogP contribution in [0.4, 0.5) is 43.9 Å². The van der Waals surface area contributed by atoms with Gasteiger partial charge in [0.05, 0.1) is 23.1 Å². The molecule has 2 fully saturated rings. The topological polar surface area (TPSA) is 142 Å². The van der Waals surface area contributed by atoms with E-state index < -0.39 is 59.7 Å². The summed E-state index contributed by atoms with van der Waals surface area (Å²) in [4.78, 5) is 51.2. The van der Waals surface area contributed by atoms with Gasteiger partial charge in [0.15, 0.2) is 0 Å². The Morgan fingerprint density at radius 1 is 0.530 bits per heavy atom. The number of fused-ring (bicyclic) bond motifs is 2. The van der Waals surface area contributed by atoms with Gasteiger partial charge in [0.25, 0.3) is 23.7 Å². The molecular formula is C44H40F10N10O2. The van der Waals surface area contributed by atoms with E-state index in [1.807, 2.05) is 0 Å². The maximum Gasteiger partial charge on any atom is 0.451 e. The summed E-state index contributed by atoms with van der Waals surface area (Å²) in [6.45, 7) is 0.0462. The van der Waals surface area contributed by atoms with Crippen LogP contribution >= 0.6 is 0 Å². The van der Waals surface area contributed by atoms with E-state index >= 15 is 0 Å². The van der Waals surface area contributed by atoms with Crippen LogP contribution in [0, 0.1) is 0 Å². The Bertz CT molecular complexity index is 2420. The van der Waals surface area contributed by atoms with Gasteiger partial charge in [-0.2, -0.15) is 26.3 Å². The molecule has 2 amide bonds. The summed E-state index contributed by atoms with van der Waals surface area (Å²) < 4.78 is 132. The largest absolute Gasteiger partial charge is 0.451 e. The number of rotatable bonds is 10. The minimum Gasteiger partial charge on any atom is -0.350 e. The van der Waals surface area contributed by atoms with E-state index in [0.717, 1.165) is 24.8 Å². The second-order valence-electron chi connectivity index (χ2n) is 15.7. The highest BCUT2D eigenvalue weighted by atomic mass is 19.4. The molecule has 0 radical (unpaired) electrons. The van der Waals surface area contributed by atoms with E-state index in [1.165, 1.54) is 0 Å². The minimum atomic E-state index is -4.70. The Kier molecular flexibility index (Phi) is 14.1. The Morgan fingerprint density at radius 2 is 0.879 bits per heavy atom. The van der Waals surface area contributed by atoms with Crippen LogP contribution in [-0.4, -0.2) is 103 Å². The molecule has 66 heavy (non-hydrogen) atoms. The Labute approximate surface area is 369 Å². The van der Waals surface area contributed by atoms with Crippen molar-refractivity contribution in [2.45, 2.75) is 62.0 Å². The molecule has 2 aliphatic rings. The quantitative estimate of drug-likeness (QED) is 0.129. The second-order valence-corrected chi connectivity index (χ2v) is 15.7. The molecule has 22 heteroatoms. The van der Waals surface area contributed by atoms with Crippen molar-refractivity contribution in [2.24, 2.45) is 0 Å². The molecule has 2 N–H and O–H groups in total. The predicted octanol–water partition coefficient (Wildman–Crippen LogP) is 8.49. The van der Waals surface area contributed by atoms with E-state index in [9.17, 15) is 53.5 Å². The highest BCUT2D eigenvalue weighted by Gasteiger charge is 2.40. The molecule has 4 aromatic heterocycles. The van der Waals surface area contributed by atoms with Crippen molar-refractivity contribution in [3.8, 4) is 0 Å². The number of hydrogen-bond acceptors (Lipinski definition) is 10. The molecule has 0 aliphatic carbocycles. The Balaban J connectivity index is 0.000000196. The maximum absolute atomic E-state index is 13.7. The van der Waals surface area contributed by atoms with Gasteiger partial charge >= 0.3 is 12.4 Å². The number of nitrogens with one attached hydrogen (secondary N) is 2. The lowest BCUT2D eigenvalue weighted by molar-refractivity contribution is -0.145. The number of benzene rings is 2. The van der Waals surface area contributed by atoms with E-state index in [-0.39, 0.29) is 65.0 Å². The smallest absolute Gasteiger partial charge is 0.350 e. The highest BCUT2D eigenvalue weighted by Crippen LogP contribution is 2.35. The first-order valence-electron chi connectivity index (χ1n) is 20.5. The fourth-order valence-electron chi connectivity index (χ4n) is 7.73. The number of hydrogen-bond donors (Lipinski definition) is 2. The molecule has 0 spiro atoms. The molecular weight excluding hydrogens is 891 g/mol. The normalized spacial score (nSPS) is 17.6. The Morgan fingerprint density at radius 3 is 1.21 bits per heavy atom. The van der Waals surface area contributed by atoms with Crippen molar-refractivity contribution in [3.63, 3.8) is 0 Å².